The van der Waals surface area contributed by atoms with Gasteiger partial charge in [0.2, 0.25) is 5.91 Å². The highest BCUT2D eigenvalue weighted by Gasteiger charge is 2.27. The van der Waals surface area contributed by atoms with Gasteiger partial charge in [0.05, 0.1) is 6.04 Å². The minimum absolute atomic E-state index is 0.118. The number of benzene rings is 1. The number of primary amides is 1. The van der Waals surface area contributed by atoms with Crippen molar-refractivity contribution in [2.24, 2.45) is 11.7 Å². The van der Waals surface area contributed by atoms with E-state index in [2.05, 4.69) is 5.32 Å². The standard InChI is InChI=1S/C14H20N2O/c1-10(12-5-3-2-4-6-12)13(14(15)17)16-9-11-7-8-11/h2-6,10-11,13,16H,7-9H2,1H3,(H2,15,17). The molecule has 0 aromatic heterocycles. The van der Waals surface area contributed by atoms with Crippen LogP contribution in [-0.4, -0.2) is 18.5 Å². The third-order valence-corrected chi connectivity index (χ3v) is 3.46. The van der Waals surface area contributed by atoms with Crippen LogP contribution in [0.1, 0.15) is 31.2 Å². The van der Waals surface area contributed by atoms with Crippen molar-refractivity contribution in [3.63, 3.8) is 0 Å². The van der Waals surface area contributed by atoms with Crippen molar-refractivity contribution in [1.29, 1.82) is 0 Å². The molecule has 0 radical (unpaired) electrons. The van der Waals surface area contributed by atoms with E-state index in [1.807, 2.05) is 37.3 Å². The Hall–Kier alpha value is -1.35. The summed E-state index contributed by atoms with van der Waals surface area (Å²) in [5, 5.41) is 3.30. The summed E-state index contributed by atoms with van der Waals surface area (Å²) in [5.74, 6) is 0.606. The fourth-order valence-corrected chi connectivity index (χ4v) is 2.09. The van der Waals surface area contributed by atoms with Crippen molar-refractivity contribution in [3.8, 4) is 0 Å². The summed E-state index contributed by atoms with van der Waals surface area (Å²) >= 11 is 0. The first kappa shape index (κ1) is 12.1. The molecule has 1 aromatic carbocycles. The monoisotopic (exact) mass is 232 g/mol. The largest absolute Gasteiger partial charge is 0.368 e. The summed E-state index contributed by atoms with van der Waals surface area (Å²) in [4.78, 5) is 11.5. The van der Waals surface area contributed by atoms with Gasteiger partial charge < -0.3 is 11.1 Å². The van der Waals surface area contributed by atoms with E-state index < -0.39 is 0 Å². The van der Waals surface area contributed by atoms with Crippen LogP contribution in [0.15, 0.2) is 30.3 Å². The molecule has 0 heterocycles. The lowest BCUT2D eigenvalue weighted by Crippen LogP contribution is -2.45. The van der Waals surface area contributed by atoms with Gasteiger partial charge in [-0.1, -0.05) is 37.3 Å². The zero-order valence-corrected chi connectivity index (χ0v) is 10.2. The maximum atomic E-state index is 11.5. The Bertz CT molecular complexity index is 373. The summed E-state index contributed by atoms with van der Waals surface area (Å²) in [6.07, 6.45) is 2.55. The third-order valence-electron chi connectivity index (χ3n) is 3.46. The molecule has 1 aliphatic carbocycles. The maximum absolute atomic E-state index is 11.5. The van der Waals surface area contributed by atoms with Crippen LogP contribution in [0, 0.1) is 5.92 Å². The van der Waals surface area contributed by atoms with Gasteiger partial charge in [-0.3, -0.25) is 4.79 Å². The molecule has 92 valence electrons. The second kappa shape index (κ2) is 5.32. The van der Waals surface area contributed by atoms with Crippen LogP contribution in [0.25, 0.3) is 0 Å². The molecule has 0 bridgehead atoms. The molecule has 1 saturated carbocycles. The van der Waals surface area contributed by atoms with Crippen LogP contribution in [0.4, 0.5) is 0 Å². The van der Waals surface area contributed by atoms with Gasteiger partial charge >= 0.3 is 0 Å². The van der Waals surface area contributed by atoms with Gasteiger partial charge in [0.1, 0.15) is 0 Å². The summed E-state index contributed by atoms with van der Waals surface area (Å²) in [6, 6.07) is 9.78. The molecule has 1 amide bonds. The number of nitrogens with two attached hydrogens (primary N) is 1. The molecule has 0 aliphatic heterocycles. The first-order chi connectivity index (χ1) is 8.18. The molecule has 2 rings (SSSR count). The van der Waals surface area contributed by atoms with E-state index in [0.29, 0.717) is 0 Å². The second-order valence-electron chi connectivity index (χ2n) is 4.93. The Balaban J connectivity index is 2.01. The smallest absolute Gasteiger partial charge is 0.235 e. The van der Waals surface area contributed by atoms with E-state index in [1.54, 1.807) is 0 Å². The number of rotatable bonds is 6. The lowest BCUT2D eigenvalue weighted by molar-refractivity contribution is -0.120. The molecule has 1 fully saturated rings. The second-order valence-corrected chi connectivity index (χ2v) is 4.93. The molecule has 0 spiro atoms. The molecule has 2 atom stereocenters. The van der Waals surface area contributed by atoms with Gasteiger partial charge in [0.25, 0.3) is 0 Å². The van der Waals surface area contributed by atoms with Crippen LogP contribution in [0.2, 0.25) is 0 Å². The van der Waals surface area contributed by atoms with Crippen molar-refractivity contribution < 1.29 is 4.79 Å². The van der Waals surface area contributed by atoms with E-state index >= 15 is 0 Å². The number of amides is 1. The maximum Gasteiger partial charge on any atom is 0.235 e. The van der Waals surface area contributed by atoms with E-state index in [4.69, 9.17) is 5.73 Å². The number of carbonyl (C=O) groups is 1. The normalized spacial score (nSPS) is 18.6. The van der Waals surface area contributed by atoms with Gasteiger partial charge in [0.15, 0.2) is 0 Å². The van der Waals surface area contributed by atoms with Crippen molar-refractivity contribution in [2.75, 3.05) is 6.54 Å². The summed E-state index contributed by atoms with van der Waals surface area (Å²) in [7, 11) is 0. The van der Waals surface area contributed by atoms with Crippen LogP contribution in [0.3, 0.4) is 0 Å². The fourth-order valence-electron chi connectivity index (χ4n) is 2.09. The highest BCUT2D eigenvalue weighted by Crippen LogP contribution is 2.28. The van der Waals surface area contributed by atoms with Gasteiger partial charge in [-0.15, -0.1) is 0 Å². The van der Waals surface area contributed by atoms with E-state index in [9.17, 15) is 4.79 Å². The molecule has 2 unspecified atom stereocenters. The van der Waals surface area contributed by atoms with E-state index in [1.165, 1.54) is 12.8 Å². The topological polar surface area (TPSA) is 55.1 Å². The average molecular weight is 232 g/mol. The molecule has 17 heavy (non-hydrogen) atoms. The number of carbonyl (C=O) groups excluding carboxylic acids is 1. The minimum Gasteiger partial charge on any atom is -0.368 e. The van der Waals surface area contributed by atoms with Gasteiger partial charge in [-0.25, -0.2) is 0 Å². The van der Waals surface area contributed by atoms with Crippen molar-refractivity contribution >= 4 is 5.91 Å². The molecule has 3 N–H and O–H groups in total. The zero-order chi connectivity index (χ0) is 12.3. The van der Waals surface area contributed by atoms with Crippen molar-refractivity contribution in [3.05, 3.63) is 35.9 Å². The predicted octanol–water partition coefficient (Wildman–Crippen LogP) is 1.64. The molecular weight excluding hydrogens is 212 g/mol. The van der Waals surface area contributed by atoms with Crippen LogP contribution < -0.4 is 11.1 Å². The molecule has 3 heteroatoms. The summed E-state index contributed by atoms with van der Waals surface area (Å²) in [6.45, 7) is 2.95. The molecule has 1 aliphatic rings. The third kappa shape index (κ3) is 3.30. The Morgan fingerprint density at radius 1 is 1.41 bits per heavy atom. The molecule has 3 nitrogen and oxygen atoms in total. The Morgan fingerprint density at radius 3 is 2.59 bits per heavy atom. The summed E-state index contributed by atoms with van der Waals surface area (Å²) < 4.78 is 0. The molecular formula is C14H20N2O. The number of hydrogen-bond donors (Lipinski definition) is 2. The zero-order valence-electron chi connectivity index (χ0n) is 10.2. The Labute approximate surface area is 102 Å². The highest BCUT2D eigenvalue weighted by atomic mass is 16.1. The van der Waals surface area contributed by atoms with Gasteiger partial charge in [-0.05, 0) is 30.9 Å². The minimum atomic E-state index is -0.266. The number of nitrogens with one attached hydrogen (secondary N) is 1. The average Bonchev–Trinajstić information content (AvgIpc) is 3.14. The Morgan fingerprint density at radius 2 is 2.06 bits per heavy atom. The number of hydrogen-bond acceptors (Lipinski definition) is 2. The molecule has 0 saturated heterocycles. The SMILES string of the molecule is CC(c1ccccc1)C(NCC1CC1)C(N)=O. The van der Waals surface area contributed by atoms with E-state index in [-0.39, 0.29) is 17.9 Å². The quantitative estimate of drug-likeness (QED) is 0.783. The molecule has 1 aromatic rings. The predicted molar refractivity (Wildman–Crippen MR) is 68.6 cm³/mol. The summed E-state index contributed by atoms with van der Waals surface area (Å²) in [5.41, 5.74) is 6.63. The first-order valence-electron chi connectivity index (χ1n) is 6.26. The van der Waals surface area contributed by atoms with E-state index in [0.717, 1.165) is 18.0 Å². The lowest BCUT2D eigenvalue weighted by atomic mass is 9.93. The fraction of sp³-hybridized carbons (Fsp3) is 0.500. The van der Waals surface area contributed by atoms with Crippen molar-refractivity contribution in [1.82, 2.24) is 5.32 Å². The van der Waals surface area contributed by atoms with Crippen LogP contribution in [0.5, 0.6) is 0 Å². The first-order valence-corrected chi connectivity index (χ1v) is 6.26. The Kier molecular flexibility index (Phi) is 3.79. The van der Waals surface area contributed by atoms with Gasteiger partial charge in [-0.2, -0.15) is 0 Å². The lowest BCUT2D eigenvalue weighted by Gasteiger charge is -2.22. The van der Waals surface area contributed by atoms with Crippen LogP contribution >= 0.6 is 0 Å². The van der Waals surface area contributed by atoms with Gasteiger partial charge in [0, 0.05) is 5.92 Å². The van der Waals surface area contributed by atoms with Crippen molar-refractivity contribution in [2.45, 2.75) is 31.7 Å². The van der Waals surface area contributed by atoms with Crippen LogP contribution in [-0.2, 0) is 4.79 Å². The highest BCUT2D eigenvalue weighted by molar-refractivity contribution is 5.81.